The SMILES string of the molecule is CC/C=C\C/C=C\C/C=C\C/C=C\C/C=C\C/C=C\C/C=C\C/C=C\CCCCCCCCC(=O)OC(COC(=O)CCCCCCCCCCCCC/C=C\C/C=C\C/C=C\C/C=C\C/C=C\CC)COP(=O)([O-])OCC[N+](C)(C)C. The molecule has 0 N–H and O–H groups in total. The van der Waals surface area contributed by atoms with Gasteiger partial charge in [0, 0.05) is 12.8 Å². The third kappa shape index (κ3) is 64.8. The standard InChI is InChI=1S/C72H118NO8P/c1-6-8-10-12-14-16-18-20-22-24-26-28-30-32-34-35-36-37-39-41-43-45-47-49-51-53-55-57-59-61-63-65-72(75)81-70(69-80-82(76,77)79-67-66-73(3,4)5)68-78-71(74)64-62-60-58-56-54-52-50-48-46-44-42-40-38-33-31-29-27-25-23-21-19-17-15-13-11-9-7-2/h8-11,14-17,20-23,26-29,32-34,36-38,41,43,47,49,70H,6-7,12-13,18-19,24-25,30-31,35,39-40,42,44-46,48,50-69H2,1-5H3/b10-8-,11-9-,16-14-,17-15-,22-20-,23-21-,28-26-,29-27-,34-32-,37-36-,38-33-,43-41-,49-47-. The molecule has 0 spiro atoms. The van der Waals surface area contributed by atoms with E-state index in [4.69, 9.17) is 18.5 Å². The number of carbonyl (C=O) groups is 2. The molecule has 0 aliphatic heterocycles. The lowest BCUT2D eigenvalue weighted by Crippen LogP contribution is -2.37. The molecule has 82 heavy (non-hydrogen) atoms. The molecular weight excluding hydrogens is 1040 g/mol. The summed E-state index contributed by atoms with van der Waals surface area (Å²) < 4.78 is 34.2. The molecule has 0 saturated carbocycles. The molecule has 0 saturated heterocycles. The largest absolute Gasteiger partial charge is 0.756 e. The highest BCUT2D eigenvalue weighted by atomic mass is 31.2. The first-order valence-electron chi connectivity index (χ1n) is 32.2. The van der Waals surface area contributed by atoms with Gasteiger partial charge in [-0.1, -0.05) is 255 Å². The maximum absolute atomic E-state index is 12.8. The van der Waals surface area contributed by atoms with Crippen molar-refractivity contribution in [3.63, 3.8) is 0 Å². The highest BCUT2D eigenvalue weighted by Gasteiger charge is 2.22. The van der Waals surface area contributed by atoms with Crippen LogP contribution in [0.2, 0.25) is 0 Å². The molecule has 464 valence electrons. The summed E-state index contributed by atoms with van der Waals surface area (Å²) in [5.41, 5.74) is 0. The average Bonchev–Trinajstić information content (AvgIpc) is 3.46. The molecule has 0 amide bonds. The Labute approximate surface area is 503 Å². The fourth-order valence-corrected chi connectivity index (χ4v) is 8.90. The van der Waals surface area contributed by atoms with Crippen LogP contribution in [-0.4, -0.2) is 70.0 Å². The van der Waals surface area contributed by atoms with Crippen LogP contribution in [-0.2, 0) is 32.7 Å². The summed E-state index contributed by atoms with van der Waals surface area (Å²) in [6, 6.07) is 0. The van der Waals surface area contributed by atoms with Crippen LogP contribution < -0.4 is 4.89 Å². The van der Waals surface area contributed by atoms with Crippen LogP contribution >= 0.6 is 7.82 Å². The van der Waals surface area contributed by atoms with E-state index in [1.165, 1.54) is 44.9 Å². The van der Waals surface area contributed by atoms with Gasteiger partial charge in [-0.05, 0) is 122 Å². The van der Waals surface area contributed by atoms with E-state index in [2.05, 4.69) is 172 Å². The fraction of sp³-hybridized carbons (Fsp3) is 0.611. The van der Waals surface area contributed by atoms with E-state index in [1.54, 1.807) is 0 Å². The molecule has 0 fully saturated rings. The third-order valence-corrected chi connectivity index (χ3v) is 14.0. The third-order valence-electron chi connectivity index (χ3n) is 13.0. The lowest BCUT2D eigenvalue weighted by Gasteiger charge is -2.28. The summed E-state index contributed by atoms with van der Waals surface area (Å²) in [7, 11) is 1.13. The zero-order chi connectivity index (χ0) is 59.8. The molecule has 9 nitrogen and oxygen atoms in total. The van der Waals surface area contributed by atoms with Crippen LogP contribution in [0.15, 0.2) is 158 Å². The summed E-state index contributed by atoms with van der Waals surface area (Å²) in [6.07, 6.45) is 91.5. The number of phosphoric acid groups is 1. The minimum Gasteiger partial charge on any atom is -0.756 e. The molecule has 0 aromatic rings. The minimum absolute atomic E-state index is 0.0433. The summed E-state index contributed by atoms with van der Waals surface area (Å²) in [6.45, 7) is 3.98. The Balaban J connectivity index is 4.21. The second-order valence-corrected chi connectivity index (χ2v) is 23.4. The van der Waals surface area contributed by atoms with Crippen molar-refractivity contribution in [3.8, 4) is 0 Å². The number of hydrogen-bond acceptors (Lipinski definition) is 8. The Kier molecular flexibility index (Phi) is 57.9. The molecule has 2 atom stereocenters. The van der Waals surface area contributed by atoms with E-state index in [0.29, 0.717) is 23.9 Å². The van der Waals surface area contributed by atoms with Gasteiger partial charge in [0.15, 0.2) is 6.10 Å². The van der Waals surface area contributed by atoms with Gasteiger partial charge < -0.3 is 27.9 Å². The first kappa shape index (κ1) is 77.6. The lowest BCUT2D eigenvalue weighted by atomic mass is 10.0. The Morgan fingerprint density at radius 1 is 0.378 bits per heavy atom. The van der Waals surface area contributed by atoms with Gasteiger partial charge in [-0.2, -0.15) is 0 Å². The van der Waals surface area contributed by atoms with Crippen molar-refractivity contribution in [3.05, 3.63) is 158 Å². The number of likely N-dealkylation sites (N-methyl/N-ethyl adjacent to an activating group) is 1. The van der Waals surface area contributed by atoms with Gasteiger partial charge in [0.25, 0.3) is 7.82 Å². The maximum Gasteiger partial charge on any atom is 0.306 e. The second-order valence-electron chi connectivity index (χ2n) is 22.0. The Morgan fingerprint density at radius 3 is 0.976 bits per heavy atom. The molecule has 0 aliphatic carbocycles. The van der Waals surface area contributed by atoms with E-state index in [1.807, 2.05) is 21.1 Å². The van der Waals surface area contributed by atoms with Gasteiger partial charge in [0.2, 0.25) is 0 Å². The Bertz CT molecular complexity index is 1940. The number of hydrogen-bond donors (Lipinski definition) is 0. The lowest BCUT2D eigenvalue weighted by molar-refractivity contribution is -0.870. The number of allylic oxidation sites excluding steroid dienone is 26. The summed E-state index contributed by atoms with van der Waals surface area (Å²) in [5, 5.41) is 0. The topological polar surface area (TPSA) is 111 Å². The molecule has 0 aromatic carbocycles. The van der Waals surface area contributed by atoms with Gasteiger partial charge in [-0.3, -0.25) is 14.2 Å². The zero-order valence-electron chi connectivity index (χ0n) is 52.6. The number of rotatable bonds is 57. The van der Waals surface area contributed by atoms with Gasteiger partial charge in [-0.15, -0.1) is 0 Å². The van der Waals surface area contributed by atoms with E-state index in [0.717, 1.165) is 148 Å². The number of phosphoric ester groups is 1. The number of nitrogens with zero attached hydrogens (tertiary/aromatic N) is 1. The van der Waals surface area contributed by atoms with Crippen molar-refractivity contribution in [2.24, 2.45) is 0 Å². The van der Waals surface area contributed by atoms with Crippen molar-refractivity contribution in [1.29, 1.82) is 0 Å². The van der Waals surface area contributed by atoms with Crippen LogP contribution in [0.4, 0.5) is 0 Å². The highest BCUT2D eigenvalue weighted by molar-refractivity contribution is 7.45. The predicted molar refractivity (Wildman–Crippen MR) is 350 cm³/mol. The first-order valence-corrected chi connectivity index (χ1v) is 33.7. The maximum atomic E-state index is 12.8. The number of carbonyl (C=O) groups excluding carboxylic acids is 2. The number of quaternary nitrogens is 1. The number of unbranched alkanes of at least 4 members (excludes halogenated alkanes) is 17. The summed E-state index contributed by atoms with van der Waals surface area (Å²) in [5.74, 6) is -0.864. The normalized spacial score (nSPS) is 14.3. The van der Waals surface area contributed by atoms with Crippen LogP contribution in [0.5, 0.6) is 0 Å². The summed E-state index contributed by atoms with van der Waals surface area (Å²) in [4.78, 5) is 38.0. The zero-order valence-corrected chi connectivity index (χ0v) is 53.5. The van der Waals surface area contributed by atoms with Gasteiger partial charge >= 0.3 is 11.9 Å². The molecule has 0 radical (unpaired) electrons. The first-order chi connectivity index (χ1) is 40.0. The highest BCUT2D eigenvalue weighted by Crippen LogP contribution is 2.38. The van der Waals surface area contributed by atoms with Crippen LogP contribution in [0.3, 0.4) is 0 Å². The van der Waals surface area contributed by atoms with Crippen molar-refractivity contribution >= 4 is 19.8 Å². The van der Waals surface area contributed by atoms with E-state index in [-0.39, 0.29) is 26.1 Å². The van der Waals surface area contributed by atoms with Gasteiger partial charge in [0.1, 0.15) is 19.8 Å². The predicted octanol–water partition coefficient (Wildman–Crippen LogP) is 20.2. The van der Waals surface area contributed by atoms with E-state index in [9.17, 15) is 19.0 Å². The number of esters is 2. The molecule has 0 aromatic heterocycles. The second kappa shape index (κ2) is 61.2. The monoisotopic (exact) mass is 1160 g/mol. The summed E-state index contributed by atoms with van der Waals surface area (Å²) >= 11 is 0. The molecule has 0 aliphatic rings. The van der Waals surface area contributed by atoms with E-state index < -0.39 is 32.5 Å². The number of ether oxygens (including phenoxy) is 2. The Hall–Kier alpha value is -4.37. The molecule has 0 rings (SSSR count). The molecule has 0 bridgehead atoms. The fourth-order valence-electron chi connectivity index (χ4n) is 8.17. The molecule has 0 heterocycles. The smallest absolute Gasteiger partial charge is 0.306 e. The van der Waals surface area contributed by atoms with Crippen molar-refractivity contribution < 1.29 is 42.1 Å². The van der Waals surface area contributed by atoms with Crippen LogP contribution in [0.1, 0.15) is 232 Å². The van der Waals surface area contributed by atoms with E-state index >= 15 is 0 Å². The van der Waals surface area contributed by atoms with Crippen molar-refractivity contribution in [2.75, 3.05) is 47.5 Å². The quantitative estimate of drug-likeness (QED) is 0.0195. The molecule has 10 heteroatoms. The van der Waals surface area contributed by atoms with Crippen LogP contribution in [0.25, 0.3) is 0 Å². The van der Waals surface area contributed by atoms with Gasteiger partial charge in [-0.25, -0.2) is 0 Å². The minimum atomic E-state index is -4.66. The van der Waals surface area contributed by atoms with Crippen LogP contribution in [0, 0.1) is 0 Å². The Morgan fingerprint density at radius 2 is 0.659 bits per heavy atom. The molecular formula is C72H118NO8P. The molecule has 2 unspecified atom stereocenters. The average molecular weight is 1160 g/mol. The van der Waals surface area contributed by atoms with Crippen molar-refractivity contribution in [1.82, 2.24) is 0 Å². The van der Waals surface area contributed by atoms with Gasteiger partial charge in [0.05, 0.1) is 27.7 Å². The van der Waals surface area contributed by atoms with Crippen molar-refractivity contribution in [2.45, 2.75) is 238 Å².